The van der Waals surface area contributed by atoms with Crippen LogP contribution >= 0.6 is 0 Å². The van der Waals surface area contributed by atoms with E-state index in [4.69, 9.17) is 0 Å². The van der Waals surface area contributed by atoms with Crippen molar-refractivity contribution < 1.29 is 13.2 Å². The largest absolute Gasteiger partial charge is 0.355 e. The van der Waals surface area contributed by atoms with Crippen LogP contribution in [0.3, 0.4) is 0 Å². The zero-order chi connectivity index (χ0) is 14.0. The molecule has 110 valence electrons. The van der Waals surface area contributed by atoms with E-state index in [1.807, 2.05) is 0 Å². The lowest BCUT2D eigenvalue weighted by Crippen LogP contribution is -2.40. The van der Waals surface area contributed by atoms with Crippen molar-refractivity contribution in [1.82, 2.24) is 14.5 Å². The second-order valence-electron chi connectivity index (χ2n) is 5.70. The lowest BCUT2D eigenvalue weighted by Gasteiger charge is -2.16. The smallest absolute Gasteiger partial charge is 0.235 e. The molecule has 1 atom stereocenters. The Morgan fingerprint density at radius 2 is 2.05 bits per heavy atom. The molecule has 0 aromatic carbocycles. The fourth-order valence-corrected chi connectivity index (χ4v) is 2.79. The van der Waals surface area contributed by atoms with E-state index in [0.29, 0.717) is 12.5 Å². The van der Waals surface area contributed by atoms with Gasteiger partial charge in [0, 0.05) is 26.2 Å². The van der Waals surface area contributed by atoms with Crippen molar-refractivity contribution in [2.75, 3.05) is 39.5 Å². The topological polar surface area (TPSA) is 69.7 Å². The van der Waals surface area contributed by atoms with Gasteiger partial charge in [0.25, 0.3) is 0 Å². The average molecular weight is 289 g/mol. The highest BCUT2D eigenvalue weighted by Gasteiger charge is 2.34. The Labute approximate surface area is 115 Å². The monoisotopic (exact) mass is 289 g/mol. The fourth-order valence-electron chi connectivity index (χ4n) is 2.43. The SMILES string of the molecule is CN(CC(=O)NCC1CCN(C2CC2)C1)S(C)(=O)=O. The highest BCUT2D eigenvalue weighted by atomic mass is 32.2. The Morgan fingerprint density at radius 1 is 1.37 bits per heavy atom. The zero-order valence-corrected chi connectivity index (χ0v) is 12.4. The number of likely N-dealkylation sites (tertiary alicyclic amines) is 1. The van der Waals surface area contributed by atoms with Crippen LogP contribution in [-0.4, -0.2) is 69.1 Å². The van der Waals surface area contributed by atoms with E-state index in [9.17, 15) is 13.2 Å². The second kappa shape index (κ2) is 5.76. The van der Waals surface area contributed by atoms with Crippen LogP contribution < -0.4 is 5.32 Å². The number of amides is 1. The van der Waals surface area contributed by atoms with Crippen LogP contribution in [0.1, 0.15) is 19.3 Å². The van der Waals surface area contributed by atoms with E-state index in [-0.39, 0.29) is 12.5 Å². The third-order valence-electron chi connectivity index (χ3n) is 3.90. The van der Waals surface area contributed by atoms with E-state index in [1.165, 1.54) is 19.9 Å². The summed E-state index contributed by atoms with van der Waals surface area (Å²) in [5, 5.41) is 2.84. The van der Waals surface area contributed by atoms with Crippen LogP contribution in [-0.2, 0) is 14.8 Å². The molecule has 1 N–H and O–H groups in total. The number of rotatable bonds is 6. The van der Waals surface area contributed by atoms with Gasteiger partial charge in [0.05, 0.1) is 12.8 Å². The molecule has 1 amide bonds. The van der Waals surface area contributed by atoms with Gasteiger partial charge in [0.15, 0.2) is 0 Å². The van der Waals surface area contributed by atoms with Crippen LogP contribution in [0.25, 0.3) is 0 Å². The standard InChI is InChI=1S/C12H23N3O3S/c1-14(19(2,17)18)9-12(16)13-7-10-5-6-15(8-10)11-3-4-11/h10-11H,3-9H2,1-2H3,(H,13,16). The molecule has 2 fully saturated rings. The summed E-state index contributed by atoms with van der Waals surface area (Å²) in [6.45, 7) is 2.75. The van der Waals surface area contributed by atoms with Gasteiger partial charge in [-0.05, 0) is 31.7 Å². The maximum absolute atomic E-state index is 11.7. The minimum absolute atomic E-state index is 0.0993. The number of hydrogen-bond acceptors (Lipinski definition) is 4. The minimum Gasteiger partial charge on any atom is -0.355 e. The lowest BCUT2D eigenvalue weighted by molar-refractivity contribution is -0.121. The van der Waals surface area contributed by atoms with Crippen molar-refractivity contribution >= 4 is 15.9 Å². The lowest BCUT2D eigenvalue weighted by atomic mass is 10.1. The molecule has 6 nitrogen and oxygen atoms in total. The molecular formula is C12H23N3O3S. The van der Waals surface area contributed by atoms with E-state index < -0.39 is 10.0 Å². The molecule has 0 radical (unpaired) electrons. The quantitative estimate of drug-likeness (QED) is 0.714. The molecule has 1 saturated carbocycles. The third-order valence-corrected chi connectivity index (χ3v) is 5.16. The highest BCUT2D eigenvalue weighted by molar-refractivity contribution is 7.88. The molecule has 7 heteroatoms. The van der Waals surface area contributed by atoms with Crippen molar-refractivity contribution in [3.63, 3.8) is 0 Å². The molecule has 2 aliphatic rings. The number of sulfonamides is 1. The van der Waals surface area contributed by atoms with Gasteiger partial charge in [-0.25, -0.2) is 8.42 Å². The maximum atomic E-state index is 11.7. The number of carbonyl (C=O) groups is 1. The first-order valence-corrected chi connectivity index (χ1v) is 8.63. The Hall–Kier alpha value is -0.660. The van der Waals surface area contributed by atoms with Crippen LogP contribution in [0.2, 0.25) is 0 Å². The number of nitrogens with zero attached hydrogens (tertiary/aromatic N) is 2. The van der Waals surface area contributed by atoms with E-state index in [0.717, 1.165) is 36.1 Å². The van der Waals surface area contributed by atoms with Gasteiger partial charge in [-0.1, -0.05) is 0 Å². The van der Waals surface area contributed by atoms with Crippen molar-refractivity contribution in [1.29, 1.82) is 0 Å². The molecule has 1 heterocycles. The van der Waals surface area contributed by atoms with Gasteiger partial charge >= 0.3 is 0 Å². The van der Waals surface area contributed by atoms with Crippen LogP contribution in [0.15, 0.2) is 0 Å². The Balaban J connectivity index is 1.66. The molecule has 0 spiro atoms. The molecule has 2 rings (SSSR count). The first-order chi connectivity index (χ1) is 8.86. The second-order valence-corrected chi connectivity index (χ2v) is 7.79. The summed E-state index contributed by atoms with van der Waals surface area (Å²) in [5.74, 6) is 0.283. The molecule has 0 aromatic heterocycles. The number of likely N-dealkylation sites (N-methyl/N-ethyl adjacent to an activating group) is 1. The van der Waals surface area contributed by atoms with E-state index >= 15 is 0 Å². The Bertz CT molecular complexity index is 434. The molecule has 19 heavy (non-hydrogen) atoms. The summed E-state index contributed by atoms with van der Waals surface area (Å²) in [6, 6.07) is 0.789. The zero-order valence-electron chi connectivity index (χ0n) is 11.6. The first-order valence-electron chi connectivity index (χ1n) is 6.78. The first kappa shape index (κ1) is 14.7. The summed E-state index contributed by atoms with van der Waals surface area (Å²) in [6.07, 6.45) is 4.86. The Kier molecular flexibility index (Phi) is 4.47. The van der Waals surface area contributed by atoms with Gasteiger partial charge < -0.3 is 10.2 Å². The van der Waals surface area contributed by atoms with Gasteiger partial charge in [-0.3, -0.25) is 4.79 Å². The average Bonchev–Trinajstić information content (AvgIpc) is 3.05. The predicted octanol–water partition coefficient (Wildman–Crippen LogP) is -0.522. The minimum atomic E-state index is -3.28. The van der Waals surface area contributed by atoms with Crippen LogP contribution in [0, 0.1) is 5.92 Å². The van der Waals surface area contributed by atoms with Crippen LogP contribution in [0.4, 0.5) is 0 Å². The highest BCUT2D eigenvalue weighted by Crippen LogP contribution is 2.31. The molecular weight excluding hydrogens is 266 g/mol. The van der Waals surface area contributed by atoms with E-state index in [2.05, 4.69) is 10.2 Å². The number of hydrogen-bond donors (Lipinski definition) is 1. The molecule has 1 aliphatic heterocycles. The molecule has 1 aliphatic carbocycles. The van der Waals surface area contributed by atoms with Gasteiger partial charge in [-0.2, -0.15) is 4.31 Å². The van der Waals surface area contributed by atoms with E-state index in [1.54, 1.807) is 0 Å². The predicted molar refractivity (Wildman–Crippen MR) is 73.2 cm³/mol. The van der Waals surface area contributed by atoms with Gasteiger partial charge in [0.1, 0.15) is 0 Å². The molecule has 0 aromatic rings. The van der Waals surface area contributed by atoms with Gasteiger partial charge in [-0.15, -0.1) is 0 Å². The third kappa shape index (κ3) is 4.43. The molecule has 0 bridgehead atoms. The van der Waals surface area contributed by atoms with Gasteiger partial charge in [0.2, 0.25) is 15.9 Å². The maximum Gasteiger partial charge on any atom is 0.235 e. The summed E-state index contributed by atoms with van der Waals surface area (Å²) < 4.78 is 23.4. The van der Waals surface area contributed by atoms with Crippen molar-refractivity contribution in [3.05, 3.63) is 0 Å². The number of nitrogens with one attached hydrogen (secondary N) is 1. The van der Waals surface area contributed by atoms with Crippen LogP contribution in [0.5, 0.6) is 0 Å². The van der Waals surface area contributed by atoms with Crippen molar-refractivity contribution in [3.8, 4) is 0 Å². The van der Waals surface area contributed by atoms with Crippen molar-refractivity contribution in [2.45, 2.75) is 25.3 Å². The van der Waals surface area contributed by atoms with Crippen molar-refractivity contribution in [2.24, 2.45) is 5.92 Å². The molecule has 1 saturated heterocycles. The fraction of sp³-hybridized carbons (Fsp3) is 0.917. The normalized spacial score (nSPS) is 24.9. The molecule has 1 unspecified atom stereocenters. The number of carbonyl (C=O) groups excluding carboxylic acids is 1. The summed E-state index contributed by atoms with van der Waals surface area (Å²) in [5.41, 5.74) is 0. The summed E-state index contributed by atoms with van der Waals surface area (Å²) in [4.78, 5) is 14.2. The summed E-state index contributed by atoms with van der Waals surface area (Å²) >= 11 is 0. The summed E-state index contributed by atoms with van der Waals surface area (Å²) in [7, 11) is -1.87. The Morgan fingerprint density at radius 3 is 2.63 bits per heavy atom.